The second-order valence-electron chi connectivity index (χ2n) is 8.65. The minimum atomic E-state index is -0.777. The smallest absolute Gasteiger partial charge is 0.412 e. The maximum atomic E-state index is 12.8. The molecular weight excluding hydrogens is 458 g/mol. The molecular formula is C28H31N3O5. The summed E-state index contributed by atoms with van der Waals surface area (Å²) in [6, 6.07) is 23.0. The first kappa shape index (κ1) is 26.3. The van der Waals surface area contributed by atoms with E-state index in [4.69, 9.17) is 20.3 Å². The van der Waals surface area contributed by atoms with Gasteiger partial charge in [0, 0.05) is 11.1 Å². The molecule has 3 aromatic rings. The highest BCUT2D eigenvalue weighted by atomic mass is 16.6. The van der Waals surface area contributed by atoms with E-state index in [-0.39, 0.29) is 19.1 Å². The second kappa shape index (κ2) is 12.4. The van der Waals surface area contributed by atoms with Crippen LogP contribution in [0.2, 0.25) is 0 Å². The molecule has 5 N–H and O–H groups in total. The Bertz CT molecular complexity index is 1180. The van der Waals surface area contributed by atoms with Crippen LogP contribution in [0.1, 0.15) is 25.5 Å². The minimum absolute atomic E-state index is 0.0956. The van der Waals surface area contributed by atoms with Crippen LogP contribution in [-0.4, -0.2) is 30.3 Å². The predicted octanol–water partition coefficient (Wildman–Crippen LogP) is 5.15. The Morgan fingerprint density at radius 3 is 2.31 bits per heavy atom. The lowest BCUT2D eigenvalue weighted by atomic mass is 9.82. The van der Waals surface area contributed by atoms with Gasteiger partial charge in [0.15, 0.2) is 0 Å². The third-order valence-corrected chi connectivity index (χ3v) is 5.35. The summed E-state index contributed by atoms with van der Waals surface area (Å²) in [7, 11) is 0. The van der Waals surface area contributed by atoms with Gasteiger partial charge in [0.1, 0.15) is 18.5 Å². The number of carbonyl (C=O) groups excluding carboxylic acids is 2. The number of amides is 2. The SMILES string of the molecule is CC(C)(/C=C/C(=O)Nc1ccccc1N)[C@@H](OC(=O)Nc1ccccc1)c1ccc(OCCO)cc1. The van der Waals surface area contributed by atoms with Crippen LogP contribution in [0.5, 0.6) is 5.75 Å². The molecule has 0 aromatic heterocycles. The molecule has 8 nitrogen and oxygen atoms in total. The molecule has 3 rings (SSSR count). The Balaban J connectivity index is 1.80. The number of carbonyl (C=O) groups is 2. The molecule has 0 radical (unpaired) electrons. The summed E-state index contributed by atoms with van der Waals surface area (Å²) in [4.78, 5) is 25.3. The van der Waals surface area contributed by atoms with E-state index >= 15 is 0 Å². The molecule has 0 unspecified atom stereocenters. The first-order valence-electron chi connectivity index (χ1n) is 11.5. The molecule has 0 aliphatic heterocycles. The number of anilines is 3. The zero-order valence-corrected chi connectivity index (χ0v) is 20.3. The number of hydrogen-bond acceptors (Lipinski definition) is 6. The number of hydrogen-bond donors (Lipinski definition) is 4. The highest BCUT2D eigenvalue weighted by Crippen LogP contribution is 2.39. The number of aliphatic hydroxyl groups is 1. The standard InChI is InChI=1S/C28H31N3O5/c1-28(2,17-16-25(33)31-24-11-7-6-10-23(24)29)26(20-12-14-22(15-13-20)35-19-18-32)36-27(34)30-21-8-4-3-5-9-21/h3-17,26,32H,18-19,29H2,1-2H3,(H,30,34)(H,31,33)/b17-16+/t26-/m0/s1. The average Bonchev–Trinajstić information content (AvgIpc) is 2.87. The highest BCUT2D eigenvalue weighted by molar-refractivity contribution is 6.01. The Hall–Kier alpha value is -4.30. The first-order valence-corrected chi connectivity index (χ1v) is 11.5. The summed E-state index contributed by atoms with van der Waals surface area (Å²) in [6.45, 7) is 3.81. The molecule has 0 aliphatic carbocycles. The Morgan fingerprint density at radius 2 is 1.64 bits per heavy atom. The lowest BCUT2D eigenvalue weighted by molar-refractivity contribution is -0.112. The van der Waals surface area contributed by atoms with Gasteiger partial charge in [-0.15, -0.1) is 0 Å². The third-order valence-electron chi connectivity index (χ3n) is 5.35. The van der Waals surface area contributed by atoms with E-state index in [0.717, 1.165) is 0 Å². The Kier molecular flexibility index (Phi) is 9.07. The number of nitrogens with one attached hydrogen (secondary N) is 2. The van der Waals surface area contributed by atoms with Crippen molar-refractivity contribution >= 4 is 29.1 Å². The van der Waals surface area contributed by atoms with Crippen molar-refractivity contribution in [3.8, 4) is 5.75 Å². The molecule has 1 atom stereocenters. The van der Waals surface area contributed by atoms with Crippen LogP contribution in [0.25, 0.3) is 0 Å². The van der Waals surface area contributed by atoms with Gasteiger partial charge in [-0.3, -0.25) is 10.1 Å². The normalized spacial score (nSPS) is 12.1. The van der Waals surface area contributed by atoms with Gasteiger partial charge in [-0.25, -0.2) is 4.79 Å². The summed E-state index contributed by atoms with van der Waals surface area (Å²) < 4.78 is 11.3. The van der Waals surface area contributed by atoms with Crippen LogP contribution in [0, 0.1) is 5.41 Å². The van der Waals surface area contributed by atoms with Gasteiger partial charge in [-0.2, -0.15) is 0 Å². The van der Waals surface area contributed by atoms with Crippen molar-refractivity contribution in [3.05, 3.63) is 96.6 Å². The van der Waals surface area contributed by atoms with Gasteiger partial charge in [0.05, 0.1) is 18.0 Å². The van der Waals surface area contributed by atoms with Gasteiger partial charge >= 0.3 is 6.09 Å². The van der Waals surface area contributed by atoms with E-state index < -0.39 is 17.6 Å². The molecule has 188 valence electrons. The Labute approximate surface area is 210 Å². The van der Waals surface area contributed by atoms with Crippen LogP contribution >= 0.6 is 0 Å². The fourth-order valence-electron chi connectivity index (χ4n) is 3.49. The van der Waals surface area contributed by atoms with Crippen molar-refractivity contribution in [2.24, 2.45) is 5.41 Å². The number of aliphatic hydroxyl groups excluding tert-OH is 1. The molecule has 0 bridgehead atoms. The summed E-state index contributed by atoms with van der Waals surface area (Å²) in [6.07, 6.45) is 1.73. The molecule has 36 heavy (non-hydrogen) atoms. The maximum Gasteiger partial charge on any atom is 0.412 e. The van der Waals surface area contributed by atoms with E-state index in [1.54, 1.807) is 66.7 Å². The van der Waals surface area contributed by atoms with Crippen molar-refractivity contribution in [1.29, 1.82) is 0 Å². The van der Waals surface area contributed by atoms with E-state index in [0.29, 0.717) is 28.4 Å². The van der Waals surface area contributed by atoms with Crippen molar-refractivity contribution in [3.63, 3.8) is 0 Å². The third kappa shape index (κ3) is 7.61. The van der Waals surface area contributed by atoms with Crippen LogP contribution in [-0.2, 0) is 9.53 Å². The number of nitrogen functional groups attached to an aromatic ring is 1. The fraction of sp³-hybridized carbons (Fsp3) is 0.214. The molecule has 0 saturated heterocycles. The molecule has 2 amide bonds. The summed E-state index contributed by atoms with van der Waals surface area (Å²) in [5, 5.41) is 14.5. The Morgan fingerprint density at radius 1 is 0.972 bits per heavy atom. The van der Waals surface area contributed by atoms with Crippen LogP contribution in [0.15, 0.2) is 91.0 Å². The molecule has 0 heterocycles. The summed E-state index contributed by atoms with van der Waals surface area (Å²) in [5.74, 6) is 0.217. The number of ether oxygens (including phenoxy) is 2. The molecule has 0 fully saturated rings. The van der Waals surface area contributed by atoms with Crippen molar-refractivity contribution in [1.82, 2.24) is 0 Å². The van der Waals surface area contributed by atoms with Gasteiger partial charge in [0.25, 0.3) is 0 Å². The fourth-order valence-corrected chi connectivity index (χ4v) is 3.49. The van der Waals surface area contributed by atoms with Crippen molar-refractivity contribution < 1.29 is 24.2 Å². The quantitative estimate of drug-likeness (QED) is 0.231. The van der Waals surface area contributed by atoms with Crippen LogP contribution in [0.4, 0.5) is 21.9 Å². The molecule has 0 spiro atoms. The lowest BCUT2D eigenvalue weighted by Gasteiger charge is -2.31. The van der Waals surface area contributed by atoms with Gasteiger partial charge in [-0.05, 0) is 48.0 Å². The number of rotatable bonds is 10. The van der Waals surface area contributed by atoms with E-state index in [2.05, 4.69) is 10.6 Å². The van der Waals surface area contributed by atoms with Crippen LogP contribution < -0.4 is 21.1 Å². The van der Waals surface area contributed by atoms with E-state index in [1.165, 1.54) is 6.08 Å². The van der Waals surface area contributed by atoms with Crippen LogP contribution in [0.3, 0.4) is 0 Å². The van der Waals surface area contributed by atoms with Gasteiger partial charge in [-0.1, -0.05) is 62.4 Å². The zero-order valence-electron chi connectivity index (χ0n) is 20.3. The molecule has 0 saturated carbocycles. The monoisotopic (exact) mass is 489 g/mol. The average molecular weight is 490 g/mol. The highest BCUT2D eigenvalue weighted by Gasteiger charge is 2.32. The molecule has 8 heteroatoms. The molecule has 0 aliphatic rings. The van der Waals surface area contributed by atoms with E-state index in [1.807, 2.05) is 32.0 Å². The summed E-state index contributed by atoms with van der Waals surface area (Å²) >= 11 is 0. The number of nitrogens with two attached hydrogens (primary N) is 1. The van der Waals surface area contributed by atoms with Gasteiger partial charge < -0.3 is 25.6 Å². The maximum absolute atomic E-state index is 12.8. The van der Waals surface area contributed by atoms with E-state index in [9.17, 15) is 9.59 Å². The minimum Gasteiger partial charge on any atom is -0.491 e. The second-order valence-corrected chi connectivity index (χ2v) is 8.65. The number of para-hydroxylation sites is 3. The summed E-state index contributed by atoms with van der Waals surface area (Å²) in [5.41, 5.74) is 7.41. The predicted molar refractivity (Wildman–Crippen MR) is 141 cm³/mol. The largest absolute Gasteiger partial charge is 0.491 e. The van der Waals surface area contributed by atoms with Gasteiger partial charge in [0.2, 0.25) is 5.91 Å². The zero-order chi connectivity index (χ0) is 26.0. The first-order chi connectivity index (χ1) is 17.3. The topological polar surface area (TPSA) is 123 Å². The number of benzene rings is 3. The molecule has 3 aromatic carbocycles. The van der Waals surface area contributed by atoms with Crippen molar-refractivity contribution in [2.75, 3.05) is 29.6 Å². The lowest BCUT2D eigenvalue weighted by Crippen LogP contribution is -2.28. The van der Waals surface area contributed by atoms with Crippen molar-refractivity contribution in [2.45, 2.75) is 20.0 Å².